The number of rotatable bonds is 4. The van der Waals surface area contributed by atoms with Crippen molar-refractivity contribution in [3.05, 3.63) is 41.7 Å². The average Bonchev–Trinajstić information content (AvgIpc) is 2.61. The van der Waals surface area contributed by atoms with E-state index in [-0.39, 0.29) is 11.6 Å². The summed E-state index contributed by atoms with van der Waals surface area (Å²) in [5.41, 5.74) is -0.346. The van der Waals surface area contributed by atoms with E-state index in [9.17, 15) is 23.9 Å². The van der Waals surface area contributed by atoms with Gasteiger partial charge in [-0.1, -0.05) is 0 Å². The third-order valence-corrected chi connectivity index (χ3v) is 4.11. The van der Waals surface area contributed by atoms with E-state index in [2.05, 4.69) is 5.32 Å². The number of carbonyl (C=O) groups is 3. The molecule has 1 saturated heterocycles. The highest BCUT2D eigenvalue weighted by atomic mass is 19.1. The summed E-state index contributed by atoms with van der Waals surface area (Å²) in [6, 6.07) is 4.64. The molecule has 0 unspecified atom stereocenters. The molecular weight excluding hydrogens is 367 g/mol. The van der Waals surface area contributed by atoms with Gasteiger partial charge in [0.2, 0.25) is 5.78 Å². The highest BCUT2D eigenvalue weighted by Gasteiger charge is 2.28. The van der Waals surface area contributed by atoms with Crippen LogP contribution in [0.25, 0.3) is 5.76 Å². The van der Waals surface area contributed by atoms with Gasteiger partial charge in [0.15, 0.2) is 0 Å². The lowest BCUT2D eigenvalue weighted by Gasteiger charge is -2.33. The van der Waals surface area contributed by atoms with Crippen molar-refractivity contribution in [1.82, 2.24) is 10.2 Å². The fourth-order valence-corrected chi connectivity index (χ4v) is 2.68. The zero-order chi connectivity index (χ0) is 20.9. The molecule has 2 amide bonds. The van der Waals surface area contributed by atoms with Gasteiger partial charge in [0.25, 0.3) is 5.91 Å². The SMILES string of the molecule is CC(C)(C)OC(=O)N1CCC(NC(=O)C(=O)C=C(O)c2ccc(F)cc2)CC1. The molecule has 0 radical (unpaired) electrons. The number of nitrogens with one attached hydrogen (secondary N) is 1. The summed E-state index contributed by atoms with van der Waals surface area (Å²) < 4.78 is 18.2. The maximum Gasteiger partial charge on any atom is 0.410 e. The third-order valence-electron chi connectivity index (χ3n) is 4.11. The molecule has 1 fully saturated rings. The summed E-state index contributed by atoms with van der Waals surface area (Å²) in [6.07, 6.45) is 1.39. The van der Waals surface area contributed by atoms with Crippen LogP contribution in [-0.4, -0.2) is 52.5 Å². The molecule has 1 aromatic rings. The zero-order valence-electron chi connectivity index (χ0n) is 16.2. The summed E-state index contributed by atoms with van der Waals surface area (Å²) in [6.45, 7) is 6.19. The molecular formula is C20H25FN2O5. The van der Waals surface area contributed by atoms with Gasteiger partial charge >= 0.3 is 6.09 Å². The Morgan fingerprint density at radius 2 is 1.75 bits per heavy atom. The summed E-state index contributed by atoms with van der Waals surface area (Å²) in [4.78, 5) is 37.6. The molecule has 28 heavy (non-hydrogen) atoms. The molecule has 1 heterocycles. The van der Waals surface area contributed by atoms with Gasteiger partial charge in [-0.3, -0.25) is 9.59 Å². The highest BCUT2D eigenvalue weighted by molar-refractivity contribution is 6.41. The number of amides is 2. The van der Waals surface area contributed by atoms with E-state index in [0.29, 0.717) is 25.9 Å². The molecule has 0 saturated carbocycles. The monoisotopic (exact) mass is 392 g/mol. The van der Waals surface area contributed by atoms with E-state index in [1.165, 1.54) is 12.1 Å². The Bertz CT molecular complexity index is 760. The van der Waals surface area contributed by atoms with Crippen molar-refractivity contribution in [2.75, 3.05) is 13.1 Å². The van der Waals surface area contributed by atoms with Crippen LogP contribution in [-0.2, 0) is 14.3 Å². The highest BCUT2D eigenvalue weighted by Crippen LogP contribution is 2.16. The van der Waals surface area contributed by atoms with E-state index < -0.39 is 35.0 Å². The number of piperidine rings is 1. The van der Waals surface area contributed by atoms with Crippen molar-refractivity contribution in [3.63, 3.8) is 0 Å². The molecule has 0 aliphatic carbocycles. The molecule has 0 bridgehead atoms. The van der Waals surface area contributed by atoms with E-state index in [1.54, 1.807) is 25.7 Å². The second-order valence-electron chi connectivity index (χ2n) is 7.62. The number of carbonyl (C=O) groups excluding carboxylic acids is 3. The van der Waals surface area contributed by atoms with Crippen molar-refractivity contribution in [2.45, 2.75) is 45.3 Å². The Morgan fingerprint density at radius 3 is 2.29 bits per heavy atom. The minimum Gasteiger partial charge on any atom is -0.507 e. The zero-order valence-corrected chi connectivity index (χ0v) is 16.2. The van der Waals surface area contributed by atoms with Crippen LogP contribution in [0.1, 0.15) is 39.2 Å². The number of hydrogen-bond acceptors (Lipinski definition) is 5. The van der Waals surface area contributed by atoms with Gasteiger partial charge in [-0.25, -0.2) is 9.18 Å². The number of halogens is 1. The van der Waals surface area contributed by atoms with Gasteiger partial charge in [-0.2, -0.15) is 0 Å². The van der Waals surface area contributed by atoms with Gasteiger partial charge in [0, 0.05) is 30.8 Å². The lowest BCUT2D eigenvalue weighted by Crippen LogP contribution is -2.48. The average molecular weight is 392 g/mol. The summed E-state index contributed by atoms with van der Waals surface area (Å²) in [5, 5.41) is 12.5. The Hall–Kier alpha value is -2.90. The first-order valence-electron chi connectivity index (χ1n) is 9.04. The first-order chi connectivity index (χ1) is 13.0. The van der Waals surface area contributed by atoms with Crippen LogP contribution in [0.5, 0.6) is 0 Å². The summed E-state index contributed by atoms with van der Waals surface area (Å²) in [5.74, 6) is -2.64. The molecule has 8 heteroatoms. The van der Waals surface area contributed by atoms with Crippen molar-refractivity contribution < 1.29 is 28.6 Å². The minimum atomic E-state index is -0.906. The predicted molar refractivity (Wildman–Crippen MR) is 101 cm³/mol. The fourth-order valence-electron chi connectivity index (χ4n) is 2.68. The Labute approximate surface area is 163 Å². The van der Waals surface area contributed by atoms with E-state index >= 15 is 0 Å². The lowest BCUT2D eigenvalue weighted by molar-refractivity contribution is -0.135. The van der Waals surface area contributed by atoms with Crippen LogP contribution in [0.2, 0.25) is 0 Å². The lowest BCUT2D eigenvalue weighted by atomic mass is 10.0. The smallest absolute Gasteiger partial charge is 0.410 e. The van der Waals surface area contributed by atoms with Gasteiger partial charge in [0.1, 0.15) is 17.2 Å². The van der Waals surface area contributed by atoms with Gasteiger partial charge in [-0.05, 0) is 57.9 Å². The molecule has 152 valence electrons. The van der Waals surface area contributed by atoms with Crippen molar-refractivity contribution in [1.29, 1.82) is 0 Å². The van der Waals surface area contributed by atoms with Crippen molar-refractivity contribution >= 4 is 23.5 Å². The molecule has 0 aromatic heterocycles. The van der Waals surface area contributed by atoms with E-state index in [4.69, 9.17) is 4.74 Å². The largest absolute Gasteiger partial charge is 0.507 e. The van der Waals surface area contributed by atoms with Crippen LogP contribution in [0.4, 0.5) is 9.18 Å². The van der Waals surface area contributed by atoms with Crippen LogP contribution in [0.3, 0.4) is 0 Å². The molecule has 2 rings (SSSR count). The number of aliphatic hydroxyl groups excluding tert-OH is 1. The maximum atomic E-state index is 12.9. The third kappa shape index (κ3) is 6.37. The summed E-state index contributed by atoms with van der Waals surface area (Å²) in [7, 11) is 0. The van der Waals surface area contributed by atoms with E-state index in [0.717, 1.165) is 18.2 Å². The topological polar surface area (TPSA) is 95.9 Å². The number of benzene rings is 1. The normalized spacial score (nSPS) is 15.9. The van der Waals surface area contributed by atoms with Gasteiger partial charge in [-0.15, -0.1) is 0 Å². The number of ether oxygens (including phenoxy) is 1. The number of hydrogen-bond donors (Lipinski definition) is 2. The summed E-state index contributed by atoms with van der Waals surface area (Å²) >= 11 is 0. The molecule has 1 aliphatic rings. The molecule has 2 N–H and O–H groups in total. The first-order valence-corrected chi connectivity index (χ1v) is 9.04. The number of nitrogens with zero attached hydrogens (tertiary/aromatic N) is 1. The molecule has 0 atom stereocenters. The number of aliphatic hydroxyl groups is 1. The minimum absolute atomic E-state index is 0.230. The van der Waals surface area contributed by atoms with Crippen molar-refractivity contribution in [3.8, 4) is 0 Å². The van der Waals surface area contributed by atoms with Gasteiger partial charge < -0.3 is 20.1 Å². The maximum absolute atomic E-state index is 12.9. The number of likely N-dealkylation sites (tertiary alicyclic amines) is 1. The second-order valence-corrected chi connectivity index (χ2v) is 7.62. The Morgan fingerprint density at radius 1 is 1.18 bits per heavy atom. The Balaban J connectivity index is 1.85. The molecule has 1 aromatic carbocycles. The van der Waals surface area contributed by atoms with Crippen LogP contribution in [0, 0.1) is 5.82 Å². The fraction of sp³-hybridized carbons (Fsp3) is 0.450. The van der Waals surface area contributed by atoms with Crippen LogP contribution < -0.4 is 5.32 Å². The number of ketones is 1. The molecule has 7 nitrogen and oxygen atoms in total. The second kappa shape index (κ2) is 8.86. The standard InChI is InChI=1S/C20H25FN2O5/c1-20(2,3)28-19(27)23-10-8-15(9-11-23)22-18(26)17(25)12-16(24)13-4-6-14(21)7-5-13/h4-7,12,15,24H,8-11H2,1-3H3,(H,22,26). The van der Waals surface area contributed by atoms with Crippen LogP contribution >= 0.6 is 0 Å². The Kier molecular flexibility index (Phi) is 6.77. The van der Waals surface area contributed by atoms with E-state index in [1.807, 2.05) is 0 Å². The molecule has 1 aliphatic heterocycles. The van der Waals surface area contributed by atoms with Gasteiger partial charge in [0.05, 0.1) is 0 Å². The predicted octanol–water partition coefficient (Wildman–Crippen LogP) is 2.81. The molecule has 0 spiro atoms. The van der Waals surface area contributed by atoms with Crippen LogP contribution in [0.15, 0.2) is 30.3 Å². The quantitative estimate of drug-likeness (QED) is 0.467. The van der Waals surface area contributed by atoms with Crippen molar-refractivity contribution in [2.24, 2.45) is 0 Å². The first kappa shape index (κ1) is 21.4.